The number of hydrogen-bond donors (Lipinski definition) is 3. The highest BCUT2D eigenvalue weighted by Crippen LogP contribution is 2.39. The van der Waals surface area contributed by atoms with Gasteiger partial charge in [0, 0.05) is 22.6 Å². The van der Waals surface area contributed by atoms with Gasteiger partial charge in [-0.25, -0.2) is 12.8 Å². The molecule has 0 unspecified atom stereocenters. The van der Waals surface area contributed by atoms with Crippen molar-refractivity contribution in [2.45, 2.75) is 4.90 Å². The van der Waals surface area contributed by atoms with Gasteiger partial charge in [0.2, 0.25) is 0 Å². The lowest BCUT2D eigenvalue weighted by Gasteiger charge is -2.15. The van der Waals surface area contributed by atoms with Crippen molar-refractivity contribution in [3.63, 3.8) is 0 Å². The van der Waals surface area contributed by atoms with E-state index in [2.05, 4.69) is 15.4 Å². The van der Waals surface area contributed by atoms with Gasteiger partial charge in [-0.3, -0.25) is 9.52 Å². The van der Waals surface area contributed by atoms with Gasteiger partial charge in [-0.05, 0) is 60.2 Å². The molecule has 174 valence electrons. The van der Waals surface area contributed by atoms with Gasteiger partial charge in [-0.15, -0.1) is 0 Å². The highest BCUT2D eigenvalue weighted by atomic mass is 32.2. The zero-order chi connectivity index (χ0) is 24.4. The van der Waals surface area contributed by atoms with E-state index in [4.69, 9.17) is 0 Å². The van der Waals surface area contributed by atoms with Crippen LogP contribution in [0, 0.1) is 5.82 Å². The summed E-state index contributed by atoms with van der Waals surface area (Å²) < 4.78 is 42.1. The first-order chi connectivity index (χ1) is 16.9. The van der Waals surface area contributed by atoms with Crippen LogP contribution in [-0.2, 0) is 14.8 Å². The number of sulfonamides is 1. The van der Waals surface area contributed by atoms with E-state index in [0.29, 0.717) is 33.9 Å². The quantitative estimate of drug-likeness (QED) is 0.312. The van der Waals surface area contributed by atoms with Crippen molar-refractivity contribution in [3.05, 3.63) is 120 Å². The summed E-state index contributed by atoms with van der Waals surface area (Å²) in [7, 11) is -3.90. The Kier molecular flexibility index (Phi) is 5.80. The van der Waals surface area contributed by atoms with E-state index >= 15 is 0 Å². The van der Waals surface area contributed by atoms with Crippen molar-refractivity contribution >= 4 is 44.3 Å². The van der Waals surface area contributed by atoms with Crippen LogP contribution in [0.25, 0.3) is 11.3 Å². The third kappa shape index (κ3) is 4.64. The Hall–Kier alpha value is -4.43. The molecule has 0 saturated carbocycles. The van der Waals surface area contributed by atoms with Crippen molar-refractivity contribution in [2.75, 3.05) is 15.4 Å². The molecule has 35 heavy (non-hydrogen) atoms. The van der Waals surface area contributed by atoms with Gasteiger partial charge in [-0.1, -0.05) is 48.5 Å². The van der Waals surface area contributed by atoms with Crippen LogP contribution in [0.1, 0.15) is 11.1 Å². The lowest BCUT2D eigenvalue weighted by Crippen LogP contribution is -2.13. The summed E-state index contributed by atoms with van der Waals surface area (Å²) in [5.74, 6) is -0.756. The molecule has 0 saturated heterocycles. The number of halogens is 1. The number of carbonyl (C=O) groups is 1. The summed E-state index contributed by atoms with van der Waals surface area (Å²) in [6, 6.07) is 28.0. The molecule has 0 radical (unpaired) electrons. The first-order valence-corrected chi connectivity index (χ1v) is 12.2. The van der Waals surface area contributed by atoms with E-state index in [1.54, 1.807) is 48.5 Å². The Bertz CT molecular complexity index is 1540. The third-order valence-corrected chi connectivity index (χ3v) is 6.88. The van der Waals surface area contributed by atoms with Crippen LogP contribution in [-0.4, -0.2) is 14.3 Å². The number of anilines is 3. The minimum atomic E-state index is -3.90. The Balaban J connectivity index is 1.63. The van der Waals surface area contributed by atoms with E-state index in [-0.39, 0.29) is 22.2 Å². The summed E-state index contributed by atoms with van der Waals surface area (Å²) in [5, 5.41) is 6.03. The first-order valence-electron chi connectivity index (χ1n) is 10.8. The number of carbonyl (C=O) groups excluding carboxylic acids is 1. The van der Waals surface area contributed by atoms with Gasteiger partial charge in [0.05, 0.1) is 16.2 Å². The average molecular weight is 486 g/mol. The SMILES string of the molecule is O=C1Nc2ccc(S(=O)(=O)Nc3ccccc3)cc2/C1=C(/Nc1ccc(F)cc1)c1ccccc1. The van der Waals surface area contributed by atoms with Crippen LogP contribution in [0.2, 0.25) is 0 Å². The van der Waals surface area contributed by atoms with Crippen molar-refractivity contribution in [1.29, 1.82) is 0 Å². The number of benzene rings is 4. The van der Waals surface area contributed by atoms with Gasteiger partial charge in [0.1, 0.15) is 5.82 Å². The second-order valence-electron chi connectivity index (χ2n) is 7.88. The number of rotatable bonds is 6. The van der Waals surface area contributed by atoms with E-state index in [1.165, 1.54) is 24.3 Å². The Morgan fingerprint density at radius 1 is 0.771 bits per heavy atom. The number of amides is 1. The van der Waals surface area contributed by atoms with Crippen LogP contribution in [0.5, 0.6) is 0 Å². The molecule has 0 fully saturated rings. The molecule has 3 N–H and O–H groups in total. The molecular formula is C27H20FN3O3S. The second kappa shape index (κ2) is 9.08. The predicted molar refractivity (Wildman–Crippen MR) is 136 cm³/mol. The molecule has 5 rings (SSSR count). The van der Waals surface area contributed by atoms with Crippen LogP contribution in [0.3, 0.4) is 0 Å². The van der Waals surface area contributed by atoms with E-state index in [0.717, 1.165) is 0 Å². The Labute approximate surface area is 202 Å². The molecule has 0 aromatic heterocycles. The number of fused-ring (bicyclic) bond motifs is 1. The molecule has 1 amide bonds. The molecule has 0 bridgehead atoms. The van der Waals surface area contributed by atoms with Crippen molar-refractivity contribution in [2.24, 2.45) is 0 Å². The standard InChI is InChI=1S/C27H20FN3O3S/c28-19-11-13-20(14-12-19)29-26(18-7-3-1-4-8-18)25-23-17-22(15-16-24(23)30-27(25)32)35(33,34)31-21-9-5-2-6-10-21/h1-17,29,31H,(H,30,32)/b26-25-. The summed E-state index contributed by atoms with van der Waals surface area (Å²) in [6.07, 6.45) is 0. The summed E-state index contributed by atoms with van der Waals surface area (Å²) in [6.45, 7) is 0. The molecule has 0 atom stereocenters. The predicted octanol–water partition coefficient (Wildman–Crippen LogP) is 5.56. The largest absolute Gasteiger partial charge is 0.354 e. The molecule has 0 aliphatic carbocycles. The number of hydrogen-bond acceptors (Lipinski definition) is 4. The molecule has 1 aliphatic heterocycles. The lowest BCUT2D eigenvalue weighted by molar-refractivity contribution is -0.110. The summed E-state index contributed by atoms with van der Waals surface area (Å²) in [4.78, 5) is 13.1. The summed E-state index contributed by atoms with van der Waals surface area (Å²) in [5.41, 5.74) is 3.42. The van der Waals surface area contributed by atoms with Gasteiger partial charge in [-0.2, -0.15) is 0 Å². The van der Waals surface area contributed by atoms with Crippen LogP contribution in [0.4, 0.5) is 21.5 Å². The highest BCUT2D eigenvalue weighted by molar-refractivity contribution is 7.92. The first kappa shape index (κ1) is 22.4. The minimum absolute atomic E-state index is 0.0169. The molecule has 8 heteroatoms. The fourth-order valence-electron chi connectivity index (χ4n) is 3.84. The molecule has 1 aliphatic rings. The van der Waals surface area contributed by atoms with Crippen LogP contribution < -0.4 is 15.4 Å². The maximum absolute atomic E-state index is 13.5. The Morgan fingerprint density at radius 2 is 1.43 bits per heavy atom. The summed E-state index contributed by atoms with van der Waals surface area (Å²) >= 11 is 0. The van der Waals surface area contributed by atoms with E-state index in [1.807, 2.05) is 30.3 Å². The normalized spacial score (nSPS) is 14.1. The van der Waals surface area contributed by atoms with Crippen molar-refractivity contribution in [1.82, 2.24) is 0 Å². The van der Waals surface area contributed by atoms with Gasteiger partial charge in [0.15, 0.2) is 0 Å². The molecule has 0 spiro atoms. The second-order valence-corrected chi connectivity index (χ2v) is 9.56. The number of nitrogens with one attached hydrogen (secondary N) is 3. The molecule has 6 nitrogen and oxygen atoms in total. The van der Waals surface area contributed by atoms with Gasteiger partial charge >= 0.3 is 0 Å². The zero-order valence-electron chi connectivity index (χ0n) is 18.3. The fraction of sp³-hybridized carbons (Fsp3) is 0. The molecule has 4 aromatic carbocycles. The van der Waals surface area contributed by atoms with Crippen molar-refractivity contribution in [3.8, 4) is 0 Å². The highest BCUT2D eigenvalue weighted by Gasteiger charge is 2.30. The molecule has 1 heterocycles. The number of para-hydroxylation sites is 1. The van der Waals surface area contributed by atoms with E-state index < -0.39 is 10.0 Å². The topological polar surface area (TPSA) is 87.3 Å². The lowest BCUT2D eigenvalue weighted by atomic mass is 10.00. The van der Waals surface area contributed by atoms with Gasteiger partial charge in [0.25, 0.3) is 15.9 Å². The Morgan fingerprint density at radius 3 is 2.11 bits per heavy atom. The smallest absolute Gasteiger partial charge is 0.261 e. The zero-order valence-corrected chi connectivity index (χ0v) is 19.1. The van der Waals surface area contributed by atoms with E-state index in [9.17, 15) is 17.6 Å². The van der Waals surface area contributed by atoms with Gasteiger partial charge < -0.3 is 10.6 Å². The molecular weight excluding hydrogens is 465 g/mol. The van der Waals surface area contributed by atoms with Crippen LogP contribution >= 0.6 is 0 Å². The third-order valence-electron chi connectivity index (χ3n) is 5.50. The van der Waals surface area contributed by atoms with Crippen molar-refractivity contribution < 1.29 is 17.6 Å². The maximum Gasteiger partial charge on any atom is 0.261 e. The fourth-order valence-corrected chi connectivity index (χ4v) is 4.93. The van der Waals surface area contributed by atoms with Crippen LogP contribution in [0.15, 0.2) is 108 Å². The minimum Gasteiger partial charge on any atom is -0.354 e. The molecule has 4 aromatic rings. The average Bonchev–Trinajstić information content (AvgIpc) is 3.19. The maximum atomic E-state index is 13.5. The monoisotopic (exact) mass is 485 g/mol.